The van der Waals surface area contributed by atoms with Crippen LogP contribution in [0.2, 0.25) is 0 Å². The van der Waals surface area contributed by atoms with Crippen molar-refractivity contribution in [2.75, 3.05) is 7.11 Å². The first kappa shape index (κ1) is 13.7. The first-order valence-corrected chi connectivity index (χ1v) is 6.50. The molecule has 0 aliphatic heterocycles. The second-order valence-corrected chi connectivity index (χ2v) is 4.99. The summed E-state index contributed by atoms with van der Waals surface area (Å²) in [6.45, 7) is 0. The lowest BCUT2D eigenvalue weighted by atomic mass is 10.0. The minimum absolute atomic E-state index is 0.0501. The van der Waals surface area contributed by atoms with Crippen molar-refractivity contribution in [3.05, 3.63) is 63.9 Å². The average molecular weight is 323 g/mol. The van der Waals surface area contributed by atoms with Gasteiger partial charge >= 0.3 is 0 Å². The Kier molecular flexibility index (Phi) is 4.32. The normalized spacial score (nSPS) is 10.3. The van der Waals surface area contributed by atoms with Crippen molar-refractivity contribution in [1.29, 1.82) is 0 Å². The van der Waals surface area contributed by atoms with E-state index in [9.17, 15) is 9.18 Å². The van der Waals surface area contributed by atoms with Crippen LogP contribution in [0.1, 0.15) is 15.9 Å². The molecular formula is C15H12BrFO2. The molecule has 0 unspecified atom stereocenters. The average Bonchev–Trinajstić information content (AvgIpc) is 2.39. The van der Waals surface area contributed by atoms with Gasteiger partial charge in [-0.25, -0.2) is 4.39 Å². The Labute approximate surface area is 119 Å². The van der Waals surface area contributed by atoms with Gasteiger partial charge < -0.3 is 4.74 Å². The zero-order valence-electron chi connectivity index (χ0n) is 10.3. The van der Waals surface area contributed by atoms with Crippen molar-refractivity contribution in [2.24, 2.45) is 0 Å². The monoisotopic (exact) mass is 322 g/mol. The highest BCUT2D eigenvalue weighted by atomic mass is 79.9. The number of hydrogen-bond acceptors (Lipinski definition) is 2. The lowest BCUT2D eigenvalue weighted by molar-refractivity contribution is 0.0993. The highest BCUT2D eigenvalue weighted by Gasteiger charge is 2.10. The van der Waals surface area contributed by atoms with E-state index in [0.717, 1.165) is 4.47 Å². The fourth-order valence-corrected chi connectivity index (χ4v) is 2.17. The molecule has 0 radical (unpaired) electrons. The Bertz CT molecular complexity index is 611. The Hall–Kier alpha value is -1.68. The Morgan fingerprint density at radius 2 is 2.05 bits per heavy atom. The van der Waals surface area contributed by atoms with Gasteiger partial charge in [0.2, 0.25) is 0 Å². The smallest absolute Gasteiger partial charge is 0.167 e. The van der Waals surface area contributed by atoms with Crippen LogP contribution >= 0.6 is 15.9 Å². The number of ketones is 1. The van der Waals surface area contributed by atoms with Crippen molar-refractivity contribution >= 4 is 21.7 Å². The Balaban J connectivity index is 2.17. The minimum Gasteiger partial charge on any atom is -0.494 e. The number of halogens is 2. The van der Waals surface area contributed by atoms with E-state index in [0.29, 0.717) is 11.1 Å². The first-order chi connectivity index (χ1) is 9.10. The molecule has 98 valence electrons. The molecule has 2 aromatic carbocycles. The van der Waals surface area contributed by atoms with Gasteiger partial charge in [0.1, 0.15) is 0 Å². The van der Waals surface area contributed by atoms with Gasteiger partial charge in [0.05, 0.1) is 7.11 Å². The van der Waals surface area contributed by atoms with Crippen molar-refractivity contribution < 1.29 is 13.9 Å². The van der Waals surface area contributed by atoms with Crippen LogP contribution in [-0.2, 0) is 6.42 Å². The van der Waals surface area contributed by atoms with E-state index in [-0.39, 0.29) is 18.0 Å². The van der Waals surface area contributed by atoms with E-state index < -0.39 is 5.82 Å². The summed E-state index contributed by atoms with van der Waals surface area (Å²) in [6.07, 6.45) is 0.164. The summed E-state index contributed by atoms with van der Waals surface area (Å²) in [5.74, 6) is -0.327. The predicted molar refractivity (Wildman–Crippen MR) is 75.1 cm³/mol. The number of ether oxygens (including phenoxy) is 1. The van der Waals surface area contributed by atoms with Crippen LogP contribution in [0.5, 0.6) is 5.75 Å². The van der Waals surface area contributed by atoms with E-state index in [1.165, 1.54) is 19.2 Å². The third-order valence-electron chi connectivity index (χ3n) is 2.73. The fraction of sp³-hybridized carbons (Fsp3) is 0.133. The van der Waals surface area contributed by atoms with Gasteiger partial charge in [-0.1, -0.05) is 34.1 Å². The summed E-state index contributed by atoms with van der Waals surface area (Å²) in [6, 6.07) is 11.7. The molecule has 2 rings (SSSR count). The van der Waals surface area contributed by atoms with Crippen LogP contribution in [-0.4, -0.2) is 12.9 Å². The van der Waals surface area contributed by atoms with Gasteiger partial charge in [0.25, 0.3) is 0 Å². The molecule has 0 N–H and O–H groups in total. The molecule has 0 atom stereocenters. The molecule has 0 aliphatic carbocycles. The molecule has 4 heteroatoms. The van der Waals surface area contributed by atoms with Crippen LogP contribution in [0, 0.1) is 5.82 Å². The second-order valence-electron chi connectivity index (χ2n) is 4.08. The van der Waals surface area contributed by atoms with Crippen LogP contribution in [0.3, 0.4) is 0 Å². The van der Waals surface area contributed by atoms with E-state index in [4.69, 9.17) is 4.74 Å². The third kappa shape index (κ3) is 3.41. The molecule has 2 nitrogen and oxygen atoms in total. The van der Waals surface area contributed by atoms with Gasteiger partial charge in [-0.15, -0.1) is 0 Å². The summed E-state index contributed by atoms with van der Waals surface area (Å²) in [5, 5.41) is 0. The number of rotatable bonds is 4. The molecule has 0 spiro atoms. The van der Waals surface area contributed by atoms with Crippen molar-refractivity contribution in [1.82, 2.24) is 0 Å². The molecule has 0 aliphatic rings. The van der Waals surface area contributed by atoms with Crippen LogP contribution in [0.4, 0.5) is 4.39 Å². The predicted octanol–water partition coefficient (Wildman–Crippen LogP) is 4.02. The lowest BCUT2D eigenvalue weighted by Crippen LogP contribution is -2.04. The number of methoxy groups -OCH3 is 1. The maximum atomic E-state index is 13.5. The maximum Gasteiger partial charge on any atom is 0.167 e. The van der Waals surface area contributed by atoms with E-state index >= 15 is 0 Å². The number of carbonyl (C=O) groups excluding carboxylic acids is 1. The van der Waals surface area contributed by atoms with Gasteiger partial charge in [-0.05, 0) is 29.8 Å². The number of hydrogen-bond donors (Lipinski definition) is 0. The van der Waals surface area contributed by atoms with Gasteiger partial charge in [0, 0.05) is 16.5 Å². The van der Waals surface area contributed by atoms with Gasteiger partial charge in [-0.3, -0.25) is 4.79 Å². The zero-order chi connectivity index (χ0) is 13.8. The van der Waals surface area contributed by atoms with Gasteiger partial charge in [-0.2, -0.15) is 0 Å². The first-order valence-electron chi connectivity index (χ1n) is 5.71. The summed E-state index contributed by atoms with van der Waals surface area (Å²) < 4.78 is 19.2. The van der Waals surface area contributed by atoms with E-state index in [1.54, 1.807) is 24.3 Å². The molecule has 0 fully saturated rings. The molecule has 0 aromatic heterocycles. The quantitative estimate of drug-likeness (QED) is 0.795. The third-order valence-corrected chi connectivity index (χ3v) is 3.22. The molecule has 0 saturated carbocycles. The molecule has 0 heterocycles. The largest absolute Gasteiger partial charge is 0.494 e. The molecule has 0 amide bonds. The van der Waals surface area contributed by atoms with E-state index in [2.05, 4.69) is 15.9 Å². The molecule has 0 saturated heterocycles. The van der Waals surface area contributed by atoms with Crippen molar-refractivity contribution in [3.8, 4) is 5.75 Å². The maximum absolute atomic E-state index is 13.5. The highest BCUT2D eigenvalue weighted by Crippen LogP contribution is 2.19. The number of benzene rings is 2. The number of carbonyl (C=O) groups is 1. The summed E-state index contributed by atoms with van der Waals surface area (Å²) >= 11 is 3.32. The molecule has 2 aromatic rings. The molecule has 0 bridgehead atoms. The Morgan fingerprint density at radius 3 is 2.68 bits per heavy atom. The van der Waals surface area contributed by atoms with E-state index in [1.807, 2.05) is 6.07 Å². The lowest BCUT2D eigenvalue weighted by Gasteiger charge is -2.05. The standard InChI is InChI=1S/C15H12BrFO2/c1-19-15-6-5-10(7-13(15)17)8-14(18)11-3-2-4-12(16)9-11/h2-7,9H,8H2,1H3. The Morgan fingerprint density at radius 1 is 1.26 bits per heavy atom. The van der Waals surface area contributed by atoms with Crippen molar-refractivity contribution in [3.63, 3.8) is 0 Å². The van der Waals surface area contributed by atoms with Crippen LogP contribution in [0.15, 0.2) is 46.9 Å². The molecule has 19 heavy (non-hydrogen) atoms. The fourth-order valence-electron chi connectivity index (χ4n) is 1.77. The highest BCUT2D eigenvalue weighted by molar-refractivity contribution is 9.10. The SMILES string of the molecule is COc1ccc(CC(=O)c2cccc(Br)c2)cc1F. The topological polar surface area (TPSA) is 26.3 Å². The second kappa shape index (κ2) is 5.97. The van der Waals surface area contributed by atoms with Crippen LogP contribution < -0.4 is 4.74 Å². The summed E-state index contributed by atoms with van der Waals surface area (Å²) in [5.41, 5.74) is 1.23. The summed E-state index contributed by atoms with van der Waals surface area (Å²) in [7, 11) is 1.41. The molecular weight excluding hydrogens is 311 g/mol. The summed E-state index contributed by atoms with van der Waals surface area (Å²) in [4.78, 5) is 12.1. The zero-order valence-corrected chi connectivity index (χ0v) is 11.9. The van der Waals surface area contributed by atoms with Crippen molar-refractivity contribution in [2.45, 2.75) is 6.42 Å². The van der Waals surface area contributed by atoms with Crippen LogP contribution in [0.25, 0.3) is 0 Å². The number of Topliss-reactive ketones (excluding diaryl/α,β-unsaturated/α-hetero) is 1. The minimum atomic E-state index is -0.456. The van der Waals surface area contributed by atoms with Gasteiger partial charge in [0.15, 0.2) is 17.3 Å².